The fraction of sp³-hybridized carbons (Fsp3) is 0.750. The molecule has 2 N–H and O–H groups in total. The summed E-state index contributed by atoms with van der Waals surface area (Å²) in [5.41, 5.74) is 0. The fourth-order valence-corrected chi connectivity index (χ4v) is 3.37. The van der Waals surface area contributed by atoms with Gasteiger partial charge in [0, 0.05) is 17.5 Å². The van der Waals surface area contributed by atoms with Crippen LogP contribution >= 0.6 is 11.3 Å². The number of nitrogens with zero attached hydrogens (tertiary/aromatic N) is 1. The van der Waals surface area contributed by atoms with E-state index in [0.29, 0.717) is 25.8 Å². The maximum absolute atomic E-state index is 9.95. The first-order valence-corrected chi connectivity index (χ1v) is 8.89. The summed E-state index contributed by atoms with van der Waals surface area (Å²) >= 11 is 1.69. The highest BCUT2D eigenvalue weighted by Crippen LogP contribution is 2.11. The maximum Gasteiger partial charge on any atom is 0.0897 e. The van der Waals surface area contributed by atoms with Crippen LogP contribution in [0.5, 0.6) is 0 Å². The Labute approximate surface area is 132 Å². The molecule has 0 radical (unpaired) electrons. The molecular weight excluding hydrogens is 284 g/mol. The number of ether oxygens (including phenoxy) is 1. The minimum atomic E-state index is -0.418. The highest BCUT2D eigenvalue weighted by Gasteiger charge is 2.18. The highest BCUT2D eigenvalue weighted by molar-refractivity contribution is 7.09. The molecule has 2 heterocycles. The molecule has 2 rings (SSSR count). The van der Waals surface area contributed by atoms with E-state index in [2.05, 4.69) is 23.2 Å². The third kappa shape index (κ3) is 6.45. The Bertz CT molecular complexity index is 364. The van der Waals surface area contributed by atoms with E-state index in [-0.39, 0.29) is 0 Å². The second kappa shape index (κ2) is 9.54. The molecule has 0 amide bonds. The molecule has 1 fully saturated rings. The summed E-state index contributed by atoms with van der Waals surface area (Å²) in [6, 6.07) is 4.62. The molecule has 1 unspecified atom stereocenters. The standard InChI is InChI=1S/C16H28N2O2S/c1-2-7-18-8-5-14(6-9-18)17-11-15(19)12-20-13-16-4-3-10-21-16/h3-4,10,14-15,17,19H,2,5-9,11-13H2,1H3. The Morgan fingerprint density at radius 2 is 2.29 bits per heavy atom. The zero-order valence-corrected chi connectivity index (χ0v) is 13.8. The number of likely N-dealkylation sites (tertiary alicyclic amines) is 1. The van der Waals surface area contributed by atoms with E-state index >= 15 is 0 Å². The Hall–Kier alpha value is -0.460. The molecule has 21 heavy (non-hydrogen) atoms. The molecule has 4 nitrogen and oxygen atoms in total. The average Bonchev–Trinajstić information content (AvgIpc) is 3.00. The number of nitrogens with one attached hydrogen (secondary N) is 1. The van der Waals surface area contributed by atoms with Crippen LogP contribution in [0.25, 0.3) is 0 Å². The molecule has 0 spiro atoms. The van der Waals surface area contributed by atoms with Gasteiger partial charge in [-0.15, -0.1) is 11.3 Å². The van der Waals surface area contributed by atoms with E-state index in [1.165, 1.54) is 43.8 Å². The Morgan fingerprint density at radius 1 is 1.48 bits per heavy atom. The quantitative estimate of drug-likeness (QED) is 0.733. The first-order valence-electron chi connectivity index (χ1n) is 8.02. The van der Waals surface area contributed by atoms with Crippen molar-refractivity contribution in [2.45, 2.75) is 44.9 Å². The molecule has 1 atom stereocenters. The van der Waals surface area contributed by atoms with Crippen LogP contribution in [-0.4, -0.2) is 54.9 Å². The lowest BCUT2D eigenvalue weighted by Gasteiger charge is -2.32. The van der Waals surface area contributed by atoms with Crippen LogP contribution < -0.4 is 5.32 Å². The zero-order valence-electron chi connectivity index (χ0n) is 13.0. The predicted octanol–water partition coefficient (Wildman–Crippen LogP) is 2.09. The summed E-state index contributed by atoms with van der Waals surface area (Å²) in [5.74, 6) is 0. The van der Waals surface area contributed by atoms with E-state index in [9.17, 15) is 5.11 Å². The van der Waals surface area contributed by atoms with E-state index in [0.717, 1.165) is 0 Å². The Balaban J connectivity index is 1.52. The number of aliphatic hydroxyl groups excluding tert-OH is 1. The molecule has 1 saturated heterocycles. The van der Waals surface area contributed by atoms with Crippen molar-refractivity contribution in [1.29, 1.82) is 0 Å². The SMILES string of the molecule is CCCN1CCC(NCC(O)COCc2cccs2)CC1. The topological polar surface area (TPSA) is 44.7 Å². The van der Waals surface area contributed by atoms with Crippen LogP contribution in [0, 0.1) is 0 Å². The van der Waals surface area contributed by atoms with Crippen LogP contribution in [-0.2, 0) is 11.3 Å². The minimum absolute atomic E-state index is 0.402. The number of thiophene rings is 1. The van der Waals surface area contributed by atoms with Crippen LogP contribution in [0.15, 0.2) is 17.5 Å². The monoisotopic (exact) mass is 312 g/mol. The van der Waals surface area contributed by atoms with Crippen LogP contribution in [0.1, 0.15) is 31.1 Å². The molecule has 1 aliphatic rings. The summed E-state index contributed by atoms with van der Waals surface area (Å²) in [6.45, 7) is 7.43. The molecule has 120 valence electrons. The molecule has 0 saturated carbocycles. The fourth-order valence-electron chi connectivity index (χ4n) is 2.73. The molecule has 1 aromatic rings. The van der Waals surface area contributed by atoms with Crippen LogP contribution in [0.2, 0.25) is 0 Å². The van der Waals surface area contributed by atoms with Gasteiger partial charge in [0.25, 0.3) is 0 Å². The van der Waals surface area contributed by atoms with Gasteiger partial charge in [0.1, 0.15) is 0 Å². The van der Waals surface area contributed by atoms with E-state index in [4.69, 9.17) is 4.74 Å². The zero-order chi connectivity index (χ0) is 14.9. The first kappa shape index (κ1) is 16.9. The van der Waals surface area contributed by atoms with Gasteiger partial charge in [0.2, 0.25) is 0 Å². The van der Waals surface area contributed by atoms with Gasteiger partial charge in [-0.1, -0.05) is 13.0 Å². The highest BCUT2D eigenvalue weighted by atomic mass is 32.1. The van der Waals surface area contributed by atoms with Crippen molar-refractivity contribution in [3.8, 4) is 0 Å². The van der Waals surface area contributed by atoms with Gasteiger partial charge in [0.05, 0.1) is 19.3 Å². The lowest BCUT2D eigenvalue weighted by atomic mass is 10.0. The number of hydrogen-bond donors (Lipinski definition) is 2. The largest absolute Gasteiger partial charge is 0.389 e. The second-order valence-corrected chi connectivity index (χ2v) is 6.80. The average molecular weight is 312 g/mol. The van der Waals surface area contributed by atoms with Crippen molar-refractivity contribution in [1.82, 2.24) is 10.2 Å². The van der Waals surface area contributed by atoms with Crippen molar-refractivity contribution in [3.63, 3.8) is 0 Å². The number of aliphatic hydroxyl groups is 1. The number of piperidine rings is 1. The Kier molecular flexibility index (Phi) is 7.68. The molecular formula is C16H28N2O2S. The molecule has 1 aliphatic heterocycles. The molecule has 0 aromatic carbocycles. The lowest BCUT2D eigenvalue weighted by molar-refractivity contribution is 0.0273. The van der Waals surface area contributed by atoms with Crippen molar-refractivity contribution in [2.75, 3.05) is 32.8 Å². The third-order valence-electron chi connectivity index (χ3n) is 3.90. The van der Waals surface area contributed by atoms with Gasteiger partial charge in [-0.2, -0.15) is 0 Å². The summed E-state index contributed by atoms with van der Waals surface area (Å²) in [7, 11) is 0. The summed E-state index contributed by atoms with van der Waals surface area (Å²) < 4.78 is 5.54. The Morgan fingerprint density at radius 3 is 2.95 bits per heavy atom. The van der Waals surface area contributed by atoms with Crippen molar-refractivity contribution in [3.05, 3.63) is 22.4 Å². The van der Waals surface area contributed by atoms with Gasteiger partial charge < -0.3 is 20.1 Å². The summed E-state index contributed by atoms with van der Waals surface area (Å²) in [4.78, 5) is 3.73. The van der Waals surface area contributed by atoms with Crippen LogP contribution in [0.4, 0.5) is 0 Å². The maximum atomic E-state index is 9.95. The van der Waals surface area contributed by atoms with Gasteiger partial charge in [-0.25, -0.2) is 0 Å². The van der Waals surface area contributed by atoms with Crippen molar-refractivity contribution >= 4 is 11.3 Å². The van der Waals surface area contributed by atoms with Gasteiger partial charge in [0.15, 0.2) is 0 Å². The van der Waals surface area contributed by atoms with E-state index in [1.54, 1.807) is 11.3 Å². The lowest BCUT2D eigenvalue weighted by Crippen LogP contribution is -2.45. The second-order valence-electron chi connectivity index (χ2n) is 5.77. The smallest absolute Gasteiger partial charge is 0.0897 e. The van der Waals surface area contributed by atoms with Crippen molar-refractivity contribution in [2.24, 2.45) is 0 Å². The number of hydrogen-bond acceptors (Lipinski definition) is 5. The van der Waals surface area contributed by atoms with Gasteiger partial charge >= 0.3 is 0 Å². The minimum Gasteiger partial charge on any atom is -0.389 e. The normalized spacial score (nSPS) is 19.0. The van der Waals surface area contributed by atoms with Gasteiger partial charge in [-0.05, 0) is 50.3 Å². The third-order valence-corrected chi connectivity index (χ3v) is 4.75. The summed E-state index contributed by atoms with van der Waals surface area (Å²) in [6.07, 6.45) is 3.18. The first-order chi connectivity index (χ1) is 10.3. The molecule has 0 aliphatic carbocycles. The molecule has 5 heteroatoms. The predicted molar refractivity (Wildman–Crippen MR) is 87.7 cm³/mol. The molecule has 1 aromatic heterocycles. The van der Waals surface area contributed by atoms with E-state index in [1.807, 2.05) is 11.4 Å². The number of rotatable bonds is 9. The summed E-state index contributed by atoms with van der Waals surface area (Å²) in [5, 5.41) is 15.5. The van der Waals surface area contributed by atoms with Gasteiger partial charge in [-0.3, -0.25) is 0 Å². The van der Waals surface area contributed by atoms with Crippen molar-refractivity contribution < 1.29 is 9.84 Å². The van der Waals surface area contributed by atoms with Crippen LogP contribution in [0.3, 0.4) is 0 Å². The van der Waals surface area contributed by atoms with E-state index < -0.39 is 6.10 Å². The molecule has 0 bridgehead atoms.